The lowest BCUT2D eigenvalue weighted by molar-refractivity contribution is 0.0991. The third-order valence-corrected chi connectivity index (χ3v) is 7.04. The molecule has 0 atom stereocenters. The molecule has 5 rings (SSSR count). The second kappa shape index (κ2) is 7.68. The molecule has 0 aliphatic carbocycles. The van der Waals surface area contributed by atoms with E-state index in [1.54, 1.807) is 12.1 Å². The number of imidazole rings is 1. The summed E-state index contributed by atoms with van der Waals surface area (Å²) in [6, 6.07) is 17.7. The maximum Gasteiger partial charge on any atom is 0.291 e. The van der Waals surface area contributed by atoms with E-state index in [0.717, 1.165) is 35.3 Å². The first kappa shape index (κ1) is 19.5. The van der Waals surface area contributed by atoms with Crippen molar-refractivity contribution in [1.82, 2.24) is 14.3 Å². The van der Waals surface area contributed by atoms with Crippen LogP contribution in [0.1, 0.15) is 23.4 Å². The maximum absolute atomic E-state index is 12.6. The fourth-order valence-corrected chi connectivity index (χ4v) is 5.06. The Balaban J connectivity index is 1.30. The number of anilines is 1. The van der Waals surface area contributed by atoms with E-state index in [-0.39, 0.29) is 10.9 Å². The highest BCUT2D eigenvalue weighted by atomic mass is 32.2. The van der Waals surface area contributed by atoms with E-state index in [4.69, 9.17) is 4.42 Å². The number of nitrogens with one attached hydrogen (secondary N) is 2. The predicted molar refractivity (Wildman–Crippen MR) is 116 cm³/mol. The zero-order valence-corrected chi connectivity index (χ0v) is 17.4. The summed E-state index contributed by atoms with van der Waals surface area (Å²) in [6.07, 6.45) is 1.66. The average molecular weight is 436 g/mol. The predicted octanol–water partition coefficient (Wildman–Crippen LogP) is 3.86. The molecule has 0 spiro atoms. The Morgan fingerprint density at radius 2 is 1.74 bits per heavy atom. The summed E-state index contributed by atoms with van der Waals surface area (Å²) in [5.41, 5.74) is 3.27. The number of sulfonamides is 1. The van der Waals surface area contributed by atoms with Crippen molar-refractivity contribution in [2.75, 3.05) is 18.4 Å². The minimum Gasteiger partial charge on any atom is -0.438 e. The van der Waals surface area contributed by atoms with Gasteiger partial charge in [0.1, 0.15) is 5.82 Å². The smallest absolute Gasteiger partial charge is 0.291 e. The zero-order chi connectivity index (χ0) is 21.4. The van der Waals surface area contributed by atoms with Gasteiger partial charge >= 0.3 is 0 Å². The van der Waals surface area contributed by atoms with Crippen LogP contribution in [0, 0.1) is 0 Å². The van der Waals surface area contributed by atoms with Crippen LogP contribution >= 0.6 is 0 Å². The second-order valence-corrected chi connectivity index (χ2v) is 9.23. The molecule has 31 heavy (non-hydrogen) atoms. The third kappa shape index (κ3) is 3.73. The highest BCUT2D eigenvalue weighted by Gasteiger charge is 2.30. The van der Waals surface area contributed by atoms with E-state index in [9.17, 15) is 13.2 Å². The highest BCUT2D eigenvalue weighted by Crippen LogP contribution is 2.24. The molecule has 2 aromatic heterocycles. The molecule has 1 aliphatic heterocycles. The van der Waals surface area contributed by atoms with Crippen LogP contribution in [-0.4, -0.2) is 41.7 Å². The van der Waals surface area contributed by atoms with Crippen molar-refractivity contribution in [3.63, 3.8) is 0 Å². The maximum atomic E-state index is 12.6. The first-order valence-electron chi connectivity index (χ1n) is 9.97. The van der Waals surface area contributed by atoms with Gasteiger partial charge in [-0.15, -0.1) is 0 Å². The number of nitrogens with zero attached hydrogens (tertiary/aromatic N) is 2. The molecule has 158 valence electrons. The Kier molecular flexibility index (Phi) is 4.84. The van der Waals surface area contributed by atoms with Gasteiger partial charge in [0.25, 0.3) is 15.9 Å². The van der Waals surface area contributed by atoms with Crippen molar-refractivity contribution in [2.24, 2.45) is 0 Å². The van der Waals surface area contributed by atoms with Gasteiger partial charge in [0, 0.05) is 24.3 Å². The summed E-state index contributed by atoms with van der Waals surface area (Å²) in [5.74, 6) is 0.167. The van der Waals surface area contributed by atoms with Crippen LogP contribution in [0.25, 0.3) is 22.4 Å². The van der Waals surface area contributed by atoms with Crippen molar-refractivity contribution in [1.29, 1.82) is 0 Å². The number of hydrogen-bond acceptors (Lipinski definition) is 5. The van der Waals surface area contributed by atoms with E-state index in [0.29, 0.717) is 18.8 Å². The van der Waals surface area contributed by atoms with Gasteiger partial charge < -0.3 is 14.7 Å². The number of amides is 1. The Morgan fingerprint density at radius 3 is 2.48 bits per heavy atom. The van der Waals surface area contributed by atoms with E-state index >= 15 is 0 Å². The van der Waals surface area contributed by atoms with E-state index in [1.165, 1.54) is 16.4 Å². The number of aromatic amines is 1. The molecule has 3 heterocycles. The topological polar surface area (TPSA) is 108 Å². The normalized spacial score (nSPS) is 14.8. The van der Waals surface area contributed by atoms with Crippen LogP contribution in [0.15, 0.2) is 70.2 Å². The van der Waals surface area contributed by atoms with Gasteiger partial charge in [-0.3, -0.25) is 4.79 Å². The number of H-pyrrole nitrogens is 1. The molecule has 1 aliphatic rings. The van der Waals surface area contributed by atoms with Crippen molar-refractivity contribution >= 4 is 32.7 Å². The van der Waals surface area contributed by atoms with Gasteiger partial charge in [0.2, 0.25) is 5.09 Å². The zero-order valence-electron chi connectivity index (χ0n) is 16.5. The van der Waals surface area contributed by atoms with Gasteiger partial charge in [-0.2, -0.15) is 4.31 Å². The summed E-state index contributed by atoms with van der Waals surface area (Å²) >= 11 is 0. The quantitative estimate of drug-likeness (QED) is 0.494. The molecular formula is C22H20N4O4S. The van der Waals surface area contributed by atoms with Gasteiger partial charge in [0.05, 0.1) is 11.0 Å². The van der Waals surface area contributed by atoms with Gasteiger partial charge in [0.15, 0.2) is 5.76 Å². The SMILES string of the molecule is O=C(Nc1ccc(-c2nc3ccccc3[nH]2)cc1)c1ccc(S(=O)(=O)N2CCCC2)o1. The summed E-state index contributed by atoms with van der Waals surface area (Å²) in [5, 5.41) is 2.52. The molecule has 1 saturated heterocycles. The van der Waals surface area contributed by atoms with E-state index in [2.05, 4.69) is 15.3 Å². The number of para-hydroxylation sites is 2. The van der Waals surface area contributed by atoms with Crippen LogP contribution in [0.2, 0.25) is 0 Å². The fraction of sp³-hybridized carbons (Fsp3) is 0.182. The van der Waals surface area contributed by atoms with Crippen molar-refractivity contribution in [3.8, 4) is 11.4 Å². The highest BCUT2D eigenvalue weighted by molar-refractivity contribution is 7.89. The van der Waals surface area contributed by atoms with Crippen LogP contribution in [0.3, 0.4) is 0 Å². The summed E-state index contributed by atoms with van der Waals surface area (Å²) in [4.78, 5) is 20.3. The Morgan fingerprint density at radius 1 is 1.00 bits per heavy atom. The number of rotatable bonds is 5. The fourth-order valence-electron chi connectivity index (χ4n) is 3.63. The molecule has 9 heteroatoms. The van der Waals surface area contributed by atoms with Gasteiger partial charge in [-0.25, -0.2) is 13.4 Å². The molecule has 1 fully saturated rings. The number of furan rings is 1. The largest absolute Gasteiger partial charge is 0.438 e. The molecule has 2 aromatic carbocycles. The van der Waals surface area contributed by atoms with Crippen molar-refractivity contribution in [3.05, 3.63) is 66.4 Å². The number of benzene rings is 2. The first-order valence-corrected chi connectivity index (χ1v) is 11.4. The third-order valence-electron chi connectivity index (χ3n) is 5.27. The number of carbonyl (C=O) groups excluding carboxylic acids is 1. The number of aromatic nitrogens is 2. The molecule has 0 bridgehead atoms. The van der Waals surface area contributed by atoms with Gasteiger partial charge in [-0.1, -0.05) is 12.1 Å². The van der Waals surface area contributed by atoms with Crippen LogP contribution in [0.4, 0.5) is 5.69 Å². The number of hydrogen-bond donors (Lipinski definition) is 2. The molecule has 0 saturated carbocycles. The van der Waals surface area contributed by atoms with Crippen molar-refractivity contribution in [2.45, 2.75) is 17.9 Å². The monoisotopic (exact) mass is 436 g/mol. The summed E-state index contributed by atoms with van der Waals surface area (Å²) in [6.45, 7) is 0.949. The minimum absolute atomic E-state index is 0.0564. The second-order valence-electron chi connectivity index (χ2n) is 7.36. The van der Waals surface area contributed by atoms with Crippen LogP contribution in [-0.2, 0) is 10.0 Å². The van der Waals surface area contributed by atoms with Crippen LogP contribution in [0.5, 0.6) is 0 Å². The molecule has 1 amide bonds. The number of fused-ring (bicyclic) bond motifs is 1. The Hall–Kier alpha value is -3.43. The molecule has 4 aromatic rings. The Labute approximate surface area is 179 Å². The number of carbonyl (C=O) groups is 1. The standard InChI is InChI=1S/C22H20N4O4S/c27-22(19-11-12-20(30-19)31(28,29)26-13-3-4-14-26)23-16-9-7-15(8-10-16)21-24-17-5-1-2-6-18(17)25-21/h1-2,5-12H,3-4,13-14H2,(H,23,27)(H,24,25). The molecule has 2 N–H and O–H groups in total. The first-order chi connectivity index (χ1) is 15.0. The molecule has 8 nitrogen and oxygen atoms in total. The van der Waals surface area contributed by atoms with Gasteiger partial charge in [-0.05, 0) is 61.4 Å². The lowest BCUT2D eigenvalue weighted by Gasteiger charge is -2.12. The molecule has 0 radical (unpaired) electrons. The molecule has 0 unspecified atom stereocenters. The summed E-state index contributed by atoms with van der Waals surface area (Å²) < 4.78 is 31.9. The lowest BCUT2D eigenvalue weighted by Crippen LogP contribution is -2.27. The Bertz CT molecular complexity index is 1320. The lowest BCUT2D eigenvalue weighted by atomic mass is 10.2. The van der Waals surface area contributed by atoms with E-state index < -0.39 is 15.9 Å². The summed E-state index contributed by atoms with van der Waals surface area (Å²) in [7, 11) is -3.70. The average Bonchev–Trinajstić information content (AvgIpc) is 3.55. The van der Waals surface area contributed by atoms with Crippen molar-refractivity contribution < 1.29 is 17.6 Å². The van der Waals surface area contributed by atoms with Crippen LogP contribution < -0.4 is 5.32 Å². The minimum atomic E-state index is -3.70. The van der Waals surface area contributed by atoms with E-state index in [1.807, 2.05) is 36.4 Å². The molecular weight excluding hydrogens is 416 g/mol.